The van der Waals surface area contributed by atoms with Gasteiger partial charge in [-0.25, -0.2) is 0 Å². The van der Waals surface area contributed by atoms with Crippen LogP contribution in [0.2, 0.25) is 0 Å². The van der Waals surface area contributed by atoms with E-state index in [4.69, 9.17) is 13.9 Å². The Morgan fingerprint density at radius 2 is 2.04 bits per heavy atom. The highest BCUT2D eigenvalue weighted by Gasteiger charge is 2.09. The van der Waals surface area contributed by atoms with Crippen LogP contribution in [0.3, 0.4) is 0 Å². The van der Waals surface area contributed by atoms with E-state index in [1.807, 2.05) is 0 Å². The molecule has 152 valence electrons. The van der Waals surface area contributed by atoms with E-state index < -0.39 is 6.10 Å². The highest BCUT2D eigenvalue weighted by molar-refractivity contribution is 5.69. The zero-order valence-corrected chi connectivity index (χ0v) is 16.4. The number of esters is 1. The number of aliphatic hydroxyl groups excluding tert-OH is 1. The highest BCUT2D eigenvalue weighted by Crippen LogP contribution is 2.17. The van der Waals surface area contributed by atoms with Crippen LogP contribution in [0.5, 0.6) is 5.75 Å². The maximum atomic E-state index is 12.0. The van der Waals surface area contributed by atoms with Gasteiger partial charge in [0.15, 0.2) is 5.76 Å². The fraction of sp³-hybridized carbons (Fsp3) is 0.619. The molecule has 0 spiro atoms. The van der Waals surface area contributed by atoms with Crippen molar-refractivity contribution in [2.75, 3.05) is 13.2 Å². The average molecular weight is 380 g/mol. The van der Waals surface area contributed by atoms with Crippen LogP contribution in [-0.2, 0) is 9.53 Å². The fourth-order valence-corrected chi connectivity index (χ4v) is 2.53. The van der Waals surface area contributed by atoms with Gasteiger partial charge < -0.3 is 19.0 Å². The first-order valence-electron chi connectivity index (χ1n) is 9.85. The highest BCUT2D eigenvalue weighted by atomic mass is 16.5. The van der Waals surface area contributed by atoms with Gasteiger partial charge in [-0.15, -0.1) is 0 Å². The van der Waals surface area contributed by atoms with E-state index in [-0.39, 0.29) is 17.1 Å². The fourth-order valence-electron chi connectivity index (χ4n) is 2.53. The van der Waals surface area contributed by atoms with Crippen LogP contribution in [0, 0.1) is 0 Å². The maximum absolute atomic E-state index is 12.0. The van der Waals surface area contributed by atoms with Crippen molar-refractivity contribution in [2.45, 2.75) is 71.3 Å². The molecule has 1 atom stereocenters. The summed E-state index contributed by atoms with van der Waals surface area (Å²) in [4.78, 5) is 23.3. The smallest absolute Gasteiger partial charge is 0.305 e. The lowest BCUT2D eigenvalue weighted by Gasteiger charge is -2.08. The SMILES string of the molecule is CCCCCC(O)/C=C/c1occc(=O)c1OCCCCCC(=O)OCC. The molecule has 6 heteroatoms. The van der Waals surface area contributed by atoms with Crippen molar-refractivity contribution in [3.63, 3.8) is 0 Å². The summed E-state index contributed by atoms with van der Waals surface area (Å²) >= 11 is 0. The Morgan fingerprint density at radius 3 is 2.78 bits per heavy atom. The van der Waals surface area contributed by atoms with E-state index in [0.717, 1.165) is 38.5 Å². The quantitative estimate of drug-likeness (QED) is 0.386. The van der Waals surface area contributed by atoms with E-state index in [1.54, 1.807) is 19.1 Å². The van der Waals surface area contributed by atoms with E-state index >= 15 is 0 Å². The molecular weight excluding hydrogens is 348 g/mol. The normalized spacial score (nSPS) is 12.3. The minimum atomic E-state index is -0.571. The Bertz CT molecular complexity index is 619. The molecule has 0 saturated carbocycles. The number of aliphatic hydroxyl groups is 1. The molecule has 0 amide bonds. The van der Waals surface area contributed by atoms with Gasteiger partial charge in [0.1, 0.15) is 0 Å². The molecule has 1 aromatic rings. The van der Waals surface area contributed by atoms with E-state index in [2.05, 4.69) is 6.92 Å². The van der Waals surface area contributed by atoms with Gasteiger partial charge in [-0.2, -0.15) is 0 Å². The van der Waals surface area contributed by atoms with Gasteiger partial charge in [0, 0.05) is 12.5 Å². The summed E-state index contributed by atoms with van der Waals surface area (Å²) in [7, 11) is 0. The van der Waals surface area contributed by atoms with E-state index in [0.29, 0.717) is 31.8 Å². The van der Waals surface area contributed by atoms with Crippen molar-refractivity contribution < 1.29 is 23.8 Å². The molecular formula is C21H32O6. The largest absolute Gasteiger partial charge is 0.486 e. The molecule has 27 heavy (non-hydrogen) atoms. The Morgan fingerprint density at radius 1 is 1.22 bits per heavy atom. The molecule has 0 radical (unpaired) electrons. The van der Waals surface area contributed by atoms with Gasteiger partial charge in [-0.3, -0.25) is 9.59 Å². The van der Waals surface area contributed by atoms with Crippen molar-refractivity contribution in [1.29, 1.82) is 0 Å². The van der Waals surface area contributed by atoms with Gasteiger partial charge in [0.05, 0.1) is 25.6 Å². The molecule has 0 fully saturated rings. The zero-order valence-electron chi connectivity index (χ0n) is 16.4. The van der Waals surface area contributed by atoms with E-state index in [9.17, 15) is 14.7 Å². The van der Waals surface area contributed by atoms with E-state index in [1.165, 1.54) is 12.3 Å². The molecule has 0 bridgehead atoms. The second-order valence-corrected chi connectivity index (χ2v) is 6.36. The number of carbonyl (C=O) groups is 1. The van der Waals surface area contributed by atoms with Crippen LogP contribution in [0.25, 0.3) is 6.08 Å². The van der Waals surface area contributed by atoms with Gasteiger partial charge in [-0.1, -0.05) is 32.3 Å². The molecule has 1 rings (SSSR count). The number of hydrogen-bond donors (Lipinski definition) is 1. The number of rotatable bonds is 14. The van der Waals surface area contributed by atoms with Crippen molar-refractivity contribution in [3.8, 4) is 5.75 Å². The third-order valence-electron chi connectivity index (χ3n) is 4.01. The Kier molecular flexibility index (Phi) is 11.9. The molecule has 0 aliphatic heterocycles. The first-order valence-corrected chi connectivity index (χ1v) is 9.85. The van der Waals surface area contributed by atoms with Crippen LogP contribution in [-0.4, -0.2) is 30.4 Å². The topological polar surface area (TPSA) is 86.0 Å². The van der Waals surface area contributed by atoms with Crippen molar-refractivity contribution in [3.05, 3.63) is 34.4 Å². The minimum Gasteiger partial charge on any atom is -0.486 e. The molecule has 1 heterocycles. The van der Waals surface area contributed by atoms with Crippen LogP contribution in [0.4, 0.5) is 0 Å². The molecule has 0 aromatic carbocycles. The second-order valence-electron chi connectivity index (χ2n) is 6.36. The van der Waals surface area contributed by atoms with Crippen molar-refractivity contribution in [1.82, 2.24) is 0 Å². The number of hydrogen-bond acceptors (Lipinski definition) is 6. The van der Waals surface area contributed by atoms with Crippen LogP contribution in [0.1, 0.15) is 71.0 Å². The summed E-state index contributed by atoms with van der Waals surface area (Å²) in [5.74, 6) is 0.274. The maximum Gasteiger partial charge on any atom is 0.305 e. The predicted molar refractivity (Wildman–Crippen MR) is 105 cm³/mol. The first-order chi connectivity index (χ1) is 13.1. The van der Waals surface area contributed by atoms with Crippen LogP contribution in [0.15, 0.2) is 27.6 Å². The summed E-state index contributed by atoms with van der Waals surface area (Å²) in [6, 6.07) is 1.31. The molecule has 1 unspecified atom stereocenters. The first kappa shape index (κ1) is 23.0. The molecule has 0 aliphatic rings. The molecule has 1 N–H and O–H groups in total. The summed E-state index contributed by atoms with van der Waals surface area (Å²) < 4.78 is 15.8. The zero-order chi connectivity index (χ0) is 19.9. The summed E-state index contributed by atoms with van der Waals surface area (Å²) in [6.07, 6.45) is 10.4. The van der Waals surface area contributed by atoms with Gasteiger partial charge in [0.25, 0.3) is 0 Å². The molecule has 1 aromatic heterocycles. The van der Waals surface area contributed by atoms with Gasteiger partial charge in [-0.05, 0) is 38.7 Å². The summed E-state index contributed by atoms with van der Waals surface area (Å²) in [6.45, 7) is 4.65. The van der Waals surface area contributed by atoms with Crippen molar-refractivity contribution >= 4 is 12.0 Å². The second kappa shape index (κ2) is 14.0. The summed E-state index contributed by atoms with van der Waals surface area (Å²) in [5.41, 5.74) is -0.257. The lowest BCUT2D eigenvalue weighted by molar-refractivity contribution is -0.143. The Hall–Kier alpha value is -2.08. The van der Waals surface area contributed by atoms with Gasteiger partial charge >= 0.3 is 5.97 Å². The number of unbranched alkanes of at least 4 members (excludes halogenated alkanes) is 4. The van der Waals surface area contributed by atoms with Crippen molar-refractivity contribution in [2.24, 2.45) is 0 Å². The Labute approximate surface area is 161 Å². The lowest BCUT2D eigenvalue weighted by Crippen LogP contribution is -2.10. The minimum absolute atomic E-state index is 0.153. The summed E-state index contributed by atoms with van der Waals surface area (Å²) in [5, 5.41) is 9.97. The van der Waals surface area contributed by atoms with Gasteiger partial charge in [0.2, 0.25) is 11.2 Å². The predicted octanol–water partition coefficient (Wildman–Crippen LogP) is 4.10. The molecule has 0 aliphatic carbocycles. The van der Waals surface area contributed by atoms with Crippen LogP contribution < -0.4 is 10.2 Å². The lowest BCUT2D eigenvalue weighted by atomic mass is 10.1. The average Bonchev–Trinajstić information content (AvgIpc) is 2.64. The molecule has 0 saturated heterocycles. The Balaban J connectivity index is 2.46. The molecule has 6 nitrogen and oxygen atoms in total. The monoisotopic (exact) mass is 380 g/mol. The third-order valence-corrected chi connectivity index (χ3v) is 4.01. The van der Waals surface area contributed by atoms with Crippen LogP contribution >= 0.6 is 0 Å². The number of carbonyl (C=O) groups excluding carboxylic acids is 1. The standard InChI is InChI=1S/C21H32O6/c1-3-5-7-10-17(22)12-13-19-21(18(23)14-16-26-19)27-15-9-6-8-11-20(24)25-4-2/h12-14,16-17,22H,3-11,15H2,1-2H3/b13-12+. The third kappa shape index (κ3) is 9.99. The number of ether oxygens (including phenoxy) is 2.